The Morgan fingerprint density at radius 3 is 2.06 bits per heavy atom. The van der Waals surface area contributed by atoms with Crippen molar-refractivity contribution in [3.8, 4) is 0 Å². The lowest BCUT2D eigenvalue weighted by Gasteiger charge is -2.32. The highest BCUT2D eigenvalue weighted by molar-refractivity contribution is 5.42. The van der Waals surface area contributed by atoms with Crippen molar-refractivity contribution in [2.75, 3.05) is 27.2 Å². The van der Waals surface area contributed by atoms with Gasteiger partial charge in [-0.1, -0.05) is 27.7 Å². The average Bonchev–Trinajstić information content (AvgIpc) is 2.21. The third kappa shape index (κ3) is 5.99. The van der Waals surface area contributed by atoms with Gasteiger partial charge in [0.15, 0.2) is 0 Å². The van der Waals surface area contributed by atoms with Crippen LogP contribution in [0.1, 0.15) is 41.0 Å². The molecule has 0 aliphatic carbocycles. The highest BCUT2D eigenvalue weighted by atomic mass is 15.0. The van der Waals surface area contributed by atoms with Gasteiger partial charge in [0.25, 0.3) is 0 Å². The molecular weight excluding hydrogens is 210 g/mol. The van der Waals surface area contributed by atoms with E-state index < -0.39 is 0 Å². The second-order valence-corrected chi connectivity index (χ2v) is 5.79. The zero-order chi connectivity index (χ0) is 13.5. The molecule has 0 N–H and O–H groups in total. The molecular formula is C14H29N3. The predicted molar refractivity (Wildman–Crippen MR) is 76.0 cm³/mol. The van der Waals surface area contributed by atoms with Gasteiger partial charge in [0.2, 0.25) is 0 Å². The predicted octanol–water partition coefficient (Wildman–Crippen LogP) is 3.18. The fourth-order valence-electron chi connectivity index (χ4n) is 1.58. The first-order valence-electron chi connectivity index (χ1n) is 6.58. The van der Waals surface area contributed by atoms with E-state index in [-0.39, 0.29) is 5.54 Å². The van der Waals surface area contributed by atoms with E-state index in [4.69, 9.17) is 0 Å². The van der Waals surface area contributed by atoms with Crippen molar-refractivity contribution >= 4 is 6.01 Å². The molecule has 17 heavy (non-hydrogen) atoms. The van der Waals surface area contributed by atoms with Gasteiger partial charge in [-0.2, -0.15) is 0 Å². The van der Waals surface area contributed by atoms with Crippen LogP contribution >= 0.6 is 0 Å². The van der Waals surface area contributed by atoms with Crippen LogP contribution in [0.5, 0.6) is 0 Å². The van der Waals surface area contributed by atoms with E-state index in [1.807, 2.05) is 0 Å². The third-order valence-electron chi connectivity index (χ3n) is 3.57. The zero-order valence-corrected chi connectivity index (χ0v) is 12.6. The van der Waals surface area contributed by atoms with E-state index in [2.05, 4.69) is 69.6 Å². The molecule has 100 valence electrons. The quantitative estimate of drug-likeness (QED) is 0.495. The van der Waals surface area contributed by atoms with Gasteiger partial charge < -0.3 is 4.90 Å². The molecule has 0 saturated heterocycles. The Kier molecular flexibility index (Phi) is 7.33. The van der Waals surface area contributed by atoms with Crippen molar-refractivity contribution in [2.45, 2.75) is 46.6 Å². The van der Waals surface area contributed by atoms with Crippen LogP contribution in [0.15, 0.2) is 9.98 Å². The highest BCUT2D eigenvalue weighted by Crippen LogP contribution is 2.29. The number of hydrogen-bond donors (Lipinski definition) is 0. The van der Waals surface area contributed by atoms with Gasteiger partial charge in [0.05, 0.1) is 18.1 Å². The Balaban J connectivity index is 4.32. The van der Waals surface area contributed by atoms with Gasteiger partial charge in [-0.05, 0) is 45.8 Å². The molecule has 0 aromatic carbocycles. The van der Waals surface area contributed by atoms with Crippen LogP contribution in [0.4, 0.5) is 0 Å². The summed E-state index contributed by atoms with van der Waals surface area (Å²) in [5, 5.41) is 0. The molecule has 0 aromatic heterocycles. The van der Waals surface area contributed by atoms with Gasteiger partial charge >= 0.3 is 0 Å². The molecule has 0 bridgehead atoms. The minimum absolute atomic E-state index is 0.0505. The molecule has 0 rings (SSSR count). The summed E-state index contributed by atoms with van der Waals surface area (Å²) in [5.41, 5.74) is -0.0505. The largest absolute Gasteiger partial charge is 0.309 e. The van der Waals surface area contributed by atoms with Crippen molar-refractivity contribution < 1.29 is 0 Å². The van der Waals surface area contributed by atoms with E-state index >= 15 is 0 Å². The number of nitrogens with zero attached hydrogens (tertiary/aromatic N) is 3. The Labute approximate surface area is 107 Å². The van der Waals surface area contributed by atoms with Crippen LogP contribution in [-0.4, -0.2) is 43.6 Å². The summed E-state index contributed by atoms with van der Waals surface area (Å²) in [4.78, 5) is 11.0. The van der Waals surface area contributed by atoms with Gasteiger partial charge in [0.1, 0.15) is 0 Å². The van der Waals surface area contributed by atoms with Crippen molar-refractivity contribution in [1.82, 2.24) is 4.90 Å². The lowest BCUT2D eigenvalue weighted by molar-refractivity contribution is 0.254. The molecule has 0 saturated carbocycles. The fraction of sp³-hybridized carbons (Fsp3) is 0.929. The molecule has 0 atom stereocenters. The maximum Gasteiger partial charge on any atom is 0.0898 e. The summed E-state index contributed by atoms with van der Waals surface area (Å²) in [6, 6.07) is 2.89. The Morgan fingerprint density at radius 2 is 1.65 bits per heavy atom. The van der Waals surface area contributed by atoms with Crippen LogP contribution in [0.3, 0.4) is 0 Å². The SMILES string of the molecule is CC(C)C(C)(N=C=NCCCN(C)C)C(C)C. The summed E-state index contributed by atoms with van der Waals surface area (Å²) in [5.74, 6) is 1.01. The van der Waals surface area contributed by atoms with E-state index in [0.29, 0.717) is 11.8 Å². The van der Waals surface area contributed by atoms with Gasteiger partial charge in [-0.25, -0.2) is 9.98 Å². The van der Waals surface area contributed by atoms with E-state index in [1.165, 1.54) is 0 Å². The van der Waals surface area contributed by atoms with Crippen LogP contribution in [-0.2, 0) is 0 Å². The molecule has 0 aliphatic heterocycles. The summed E-state index contributed by atoms with van der Waals surface area (Å²) < 4.78 is 0. The fourth-order valence-corrected chi connectivity index (χ4v) is 1.58. The zero-order valence-electron chi connectivity index (χ0n) is 12.6. The van der Waals surface area contributed by atoms with Crippen molar-refractivity contribution in [3.05, 3.63) is 0 Å². The van der Waals surface area contributed by atoms with Crippen molar-refractivity contribution in [2.24, 2.45) is 21.8 Å². The Morgan fingerprint density at radius 1 is 1.12 bits per heavy atom. The van der Waals surface area contributed by atoms with Gasteiger partial charge in [-0.3, -0.25) is 0 Å². The Hall–Kier alpha value is -0.660. The lowest BCUT2D eigenvalue weighted by atomic mass is 9.79. The number of hydrogen-bond acceptors (Lipinski definition) is 3. The second-order valence-electron chi connectivity index (χ2n) is 5.79. The van der Waals surface area contributed by atoms with Crippen LogP contribution < -0.4 is 0 Å². The van der Waals surface area contributed by atoms with Crippen molar-refractivity contribution in [1.29, 1.82) is 0 Å². The van der Waals surface area contributed by atoms with E-state index in [1.54, 1.807) is 0 Å². The molecule has 0 heterocycles. The minimum atomic E-state index is -0.0505. The molecule has 3 nitrogen and oxygen atoms in total. The first-order valence-corrected chi connectivity index (χ1v) is 6.58. The summed E-state index contributed by atoms with van der Waals surface area (Å²) in [7, 11) is 4.15. The summed E-state index contributed by atoms with van der Waals surface area (Å²) in [6.45, 7) is 12.9. The number of aliphatic imine (C=N–C) groups is 2. The highest BCUT2D eigenvalue weighted by Gasteiger charge is 2.31. The maximum atomic E-state index is 4.54. The number of rotatable bonds is 7. The van der Waals surface area contributed by atoms with Crippen LogP contribution in [0, 0.1) is 11.8 Å². The van der Waals surface area contributed by atoms with Gasteiger partial charge in [0, 0.05) is 0 Å². The van der Waals surface area contributed by atoms with E-state index in [9.17, 15) is 0 Å². The lowest BCUT2D eigenvalue weighted by Crippen LogP contribution is -2.35. The molecule has 3 heteroatoms. The normalized spacial score (nSPS) is 12.1. The Bertz CT molecular complexity index is 253. The van der Waals surface area contributed by atoms with Crippen LogP contribution in [0.25, 0.3) is 0 Å². The monoisotopic (exact) mass is 239 g/mol. The molecule has 0 fully saturated rings. The van der Waals surface area contributed by atoms with Crippen molar-refractivity contribution in [3.63, 3.8) is 0 Å². The molecule has 0 spiro atoms. The summed E-state index contributed by atoms with van der Waals surface area (Å²) >= 11 is 0. The summed E-state index contributed by atoms with van der Waals surface area (Å²) in [6.07, 6.45) is 1.07. The van der Waals surface area contributed by atoms with E-state index in [0.717, 1.165) is 19.5 Å². The molecule has 0 aliphatic rings. The first-order chi connectivity index (χ1) is 7.80. The molecule has 0 unspecified atom stereocenters. The molecule has 0 radical (unpaired) electrons. The molecule has 0 aromatic rings. The standard InChI is InChI=1S/C14H29N3/c1-12(2)14(5,13(3)4)16-11-15-9-8-10-17(6)7/h12-13H,8-10H2,1-7H3. The molecule has 0 amide bonds. The van der Waals surface area contributed by atoms with Crippen LogP contribution in [0.2, 0.25) is 0 Å². The topological polar surface area (TPSA) is 28.0 Å². The second kappa shape index (κ2) is 7.62. The third-order valence-corrected chi connectivity index (χ3v) is 3.57. The first kappa shape index (κ1) is 16.3. The van der Waals surface area contributed by atoms with Gasteiger partial charge in [-0.15, -0.1) is 0 Å². The average molecular weight is 239 g/mol. The minimum Gasteiger partial charge on any atom is -0.309 e. The smallest absolute Gasteiger partial charge is 0.0898 e. The maximum absolute atomic E-state index is 4.54.